The third kappa shape index (κ3) is 6.11. The zero-order chi connectivity index (χ0) is 5.70. The Morgan fingerprint density at radius 3 is 2.29 bits per heavy atom. The van der Waals surface area contributed by atoms with Gasteiger partial charge in [0.25, 0.3) is 0 Å². The Balaban J connectivity index is 3.08. The van der Waals surface area contributed by atoms with Crippen LogP contribution in [0.15, 0.2) is 4.36 Å². The minimum Gasteiger partial charge on any atom is -0.329 e. The molecule has 0 aliphatic heterocycles. The van der Waals surface area contributed by atoms with Crippen molar-refractivity contribution in [2.45, 2.75) is 0 Å². The lowest BCUT2D eigenvalue weighted by molar-refractivity contribution is 0.989. The van der Waals surface area contributed by atoms with Crippen molar-refractivity contribution < 1.29 is 0 Å². The fourth-order valence-corrected chi connectivity index (χ4v) is 0.864. The molecule has 0 aliphatic rings. The van der Waals surface area contributed by atoms with Crippen molar-refractivity contribution in [1.29, 1.82) is 0 Å². The van der Waals surface area contributed by atoms with Crippen molar-refractivity contribution >= 4 is 10.7 Å². The largest absolute Gasteiger partial charge is 0.329 e. The van der Waals surface area contributed by atoms with Gasteiger partial charge in [-0.3, -0.25) is 4.36 Å². The highest BCUT2D eigenvalue weighted by Gasteiger charge is 1.69. The van der Waals surface area contributed by atoms with Crippen molar-refractivity contribution in [3.05, 3.63) is 0 Å². The first-order valence-corrected chi connectivity index (χ1v) is 4.90. The molecule has 0 bridgehead atoms. The number of hydrogen-bond acceptors (Lipinski definition) is 2. The SMILES string of the molecule is C[SH2](C)=NCCN. The third-order valence-corrected chi connectivity index (χ3v) is 1.41. The van der Waals surface area contributed by atoms with E-state index < -0.39 is 0 Å². The zero-order valence-electron chi connectivity index (χ0n) is 4.94. The lowest BCUT2D eigenvalue weighted by Crippen LogP contribution is -2.02. The van der Waals surface area contributed by atoms with Gasteiger partial charge in [-0.1, -0.05) is 0 Å². The van der Waals surface area contributed by atoms with Crippen molar-refractivity contribution in [3.8, 4) is 0 Å². The fraction of sp³-hybridized carbons (Fsp3) is 1.00. The Hall–Kier alpha value is 0.110. The average molecular weight is 122 g/mol. The minimum absolute atomic E-state index is 0.352. The van der Waals surface area contributed by atoms with Crippen molar-refractivity contribution in [2.75, 3.05) is 25.6 Å². The molecule has 0 spiro atoms. The Morgan fingerprint density at radius 1 is 1.57 bits per heavy atom. The van der Waals surface area contributed by atoms with Crippen LogP contribution in [0.1, 0.15) is 0 Å². The van der Waals surface area contributed by atoms with Crippen LogP contribution >= 0.6 is 0 Å². The topological polar surface area (TPSA) is 38.4 Å². The number of hydrogen-bond donors (Lipinski definition) is 1. The summed E-state index contributed by atoms with van der Waals surface area (Å²) in [5.74, 6) is 0. The molecule has 0 atom stereocenters. The number of nitrogens with zero attached hydrogens (tertiary/aromatic N) is 1. The quantitative estimate of drug-likeness (QED) is 0.525. The summed E-state index contributed by atoms with van der Waals surface area (Å²) in [5.41, 5.74) is 5.20. The smallest absolute Gasteiger partial charge is 0.0558 e. The van der Waals surface area contributed by atoms with E-state index in [0.717, 1.165) is 6.54 Å². The lowest BCUT2D eigenvalue weighted by Gasteiger charge is -1.91. The highest BCUT2D eigenvalue weighted by molar-refractivity contribution is 7.85. The molecule has 0 saturated carbocycles. The maximum Gasteiger partial charge on any atom is 0.0558 e. The summed E-state index contributed by atoms with van der Waals surface area (Å²) in [6, 6.07) is 0. The molecule has 0 unspecified atom stereocenters. The van der Waals surface area contributed by atoms with E-state index in [0.29, 0.717) is 6.54 Å². The van der Waals surface area contributed by atoms with Crippen molar-refractivity contribution in [3.63, 3.8) is 0 Å². The van der Waals surface area contributed by atoms with Crippen LogP contribution in [-0.2, 0) is 10.7 Å². The summed E-state index contributed by atoms with van der Waals surface area (Å²) in [6.45, 7) is 1.55. The first-order chi connectivity index (χ1) is 3.27. The van der Waals surface area contributed by atoms with Crippen LogP contribution < -0.4 is 5.73 Å². The zero-order valence-corrected chi connectivity index (χ0v) is 5.94. The molecule has 2 N–H and O–H groups in total. The van der Waals surface area contributed by atoms with E-state index in [1.54, 1.807) is 0 Å². The molecule has 0 heterocycles. The second-order valence-corrected chi connectivity index (χ2v) is 3.83. The van der Waals surface area contributed by atoms with Gasteiger partial charge in [0.05, 0.1) is 6.54 Å². The monoisotopic (exact) mass is 122 g/mol. The van der Waals surface area contributed by atoms with Gasteiger partial charge in [-0.25, -0.2) is 10.7 Å². The van der Waals surface area contributed by atoms with Gasteiger partial charge in [0.1, 0.15) is 0 Å². The number of rotatable bonds is 2. The lowest BCUT2D eigenvalue weighted by atomic mass is 10.7. The van der Waals surface area contributed by atoms with Gasteiger partial charge in [0.2, 0.25) is 0 Å². The van der Waals surface area contributed by atoms with Crippen LogP contribution in [0.25, 0.3) is 0 Å². The first kappa shape index (κ1) is 7.11. The highest BCUT2D eigenvalue weighted by Crippen LogP contribution is 1.72. The van der Waals surface area contributed by atoms with Gasteiger partial charge in [0.15, 0.2) is 0 Å². The van der Waals surface area contributed by atoms with Crippen LogP contribution in [0.3, 0.4) is 0 Å². The number of nitrogens with two attached hydrogens (primary N) is 1. The van der Waals surface area contributed by atoms with Crippen LogP contribution in [-0.4, -0.2) is 25.6 Å². The average Bonchev–Trinajstić information content (AvgIpc) is 1.61. The van der Waals surface area contributed by atoms with E-state index in [1.807, 2.05) is 0 Å². The molecule has 3 heteroatoms. The minimum atomic E-state index is -0.352. The van der Waals surface area contributed by atoms with Crippen LogP contribution in [0.5, 0.6) is 0 Å². The molecule has 0 aliphatic carbocycles. The molecule has 0 aromatic carbocycles. The molecule has 0 amide bonds. The van der Waals surface area contributed by atoms with E-state index >= 15 is 0 Å². The molecule has 0 aromatic heterocycles. The summed E-state index contributed by atoms with van der Waals surface area (Å²) >= 11 is 0. The summed E-state index contributed by atoms with van der Waals surface area (Å²) in [7, 11) is -0.352. The predicted octanol–water partition coefficient (Wildman–Crippen LogP) is -0.529. The third-order valence-electron chi connectivity index (χ3n) is 0.557. The summed E-state index contributed by atoms with van der Waals surface area (Å²) in [6.07, 6.45) is 4.31. The van der Waals surface area contributed by atoms with Gasteiger partial charge in [0, 0.05) is 6.54 Å². The predicted molar refractivity (Wildman–Crippen MR) is 38.4 cm³/mol. The molecule has 0 saturated heterocycles. The molecule has 46 valence electrons. The standard InChI is InChI=1S/C4H14N2S/c1-7(2)6-4-3-5/h3-5,7H2,1-2H3. The van der Waals surface area contributed by atoms with E-state index in [-0.39, 0.29) is 10.7 Å². The molecule has 7 heavy (non-hydrogen) atoms. The van der Waals surface area contributed by atoms with Crippen molar-refractivity contribution in [1.82, 2.24) is 0 Å². The summed E-state index contributed by atoms with van der Waals surface area (Å²) in [5, 5.41) is 0. The maximum absolute atomic E-state index is 5.20. The van der Waals surface area contributed by atoms with Crippen LogP contribution in [0.2, 0.25) is 0 Å². The van der Waals surface area contributed by atoms with E-state index in [9.17, 15) is 0 Å². The molecule has 0 rings (SSSR count). The molecular weight excluding hydrogens is 108 g/mol. The molecule has 0 aromatic rings. The van der Waals surface area contributed by atoms with Crippen LogP contribution in [0, 0.1) is 0 Å². The molecular formula is C4H14N2S. The van der Waals surface area contributed by atoms with E-state index in [4.69, 9.17) is 5.73 Å². The van der Waals surface area contributed by atoms with Gasteiger partial charge >= 0.3 is 0 Å². The van der Waals surface area contributed by atoms with Gasteiger partial charge in [-0.2, -0.15) is 0 Å². The Kier molecular flexibility index (Phi) is 4.34. The van der Waals surface area contributed by atoms with Gasteiger partial charge < -0.3 is 5.73 Å². The summed E-state index contributed by atoms with van der Waals surface area (Å²) in [4.78, 5) is 0. The second kappa shape index (κ2) is 4.27. The fourth-order valence-electron chi connectivity index (χ4n) is 0.288. The molecule has 0 fully saturated rings. The Bertz CT molecular complexity index is 66.1. The highest BCUT2D eigenvalue weighted by atomic mass is 32.2. The van der Waals surface area contributed by atoms with Gasteiger partial charge in [-0.15, -0.1) is 0 Å². The Morgan fingerprint density at radius 2 is 2.14 bits per heavy atom. The van der Waals surface area contributed by atoms with Gasteiger partial charge in [-0.05, 0) is 12.5 Å². The van der Waals surface area contributed by atoms with E-state index in [1.165, 1.54) is 0 Å². The second-order valence-electron chi connectivity index (χ2n) is 1.62. The van der Waals surface area contributed by atoms with E-state index in [2.05, 4.69) is 16.9 Å². The Labute approximate surface area is 47.2 Å². The van der Waals surface area contributed by atoms with Crippen LogP contribution in [0.4, 0.5) is 0 Å². The van der Waals surface area contributed by atoms with Crippen molar-refractivity contribution in [2.24, 2.45) is 10.1 Å². The molecule has 0 radical (unpaired) electrons. The first-order valence-electron chi connectivity index (χ1n) is 2.45. The molecule has 2 nitrogen and oxygen atoms in total. The normalized spacial score (nSPS) is 11.0. The summed E-state index contributed by atoms with van der Waals surface area (Å²) < 4.78 is 4.22. The maximum atomic E-state index is 5.20.